The molecule has 0 aliphatic carbocycles. The second-order valence-electron chi connectivity index (χ2n) is 2.88. The molecular weight excluding hydrogens is 164 g/mol. The average molecular weight is 184 g/mol. The Hall–Kier alpha value is -0.560. The van der Waals surface area contributed by atoms with Crippen molar-refractivity contribution in [3.63, 3.8) is 0 Å². The van der Waals surface area contributed by atoms with Crippen LogP contribution in [0.4, 0.5) is 0 Å². The van der Waals surface area contributed by atoms with E-state index in [0.29, 0.717) is 19.7 Å². The Bertz CT molecular complexity index is 142. The van der Waals surface area contributed by atoms with Crippen LogP contribution in [0.3, 0.4) is 0 Å². The molecule has 0 aliphatic heterocycles. The molecule has 0 atom stereocenters. The predicted molar refractivity (Wildman–Crippen MR) is 55.4 cm³/mol. The van der Waals surface area contributed by atoms with Crippen molar-refractivity contribution in [3.8, 4) is 12.3 Å². The molecule has 3 nitrogen and oxygen atoms in total. The van der Waals surface area contributed by atoms with Gasteiger partial charge in [0.25, 0.3) is 0 Å². The highest BCUT2D eigenvalue weighted by atomic mass is 16.5. The van der Waals surface area contributed by atoms with Gasteiger partial charge < -0.3 is 10.5 Å². The fraction of sp³-hybridized carbons (Fsp3) is 0.800. The molecule has 0 rings (SSSR count). The molecule has 0 radical (unpaired) electrons. The van der Waals surface area contributed by atoms with Crippen molar-refractivity contribution in [2.24, 2.45) is 5.73 Å². The maximum absolute atomic E-state index is 5.29. The lowest BCUT2D eigenvalue weighted by atomic mass is 10.4. The van der Waals surface area contributed by atoms with Crippen LogP contribution in [0.5, 0.6) is 0 Å². The Morgan fingerprint density at radius 2 is 2.15 bits per heavy atom. The summed E-state index contributed by atoms with van der Waals surface area (Å²) in [7, 11) is 0. The third-order valence-corrected chi connectivity index (χ3v) is 1.67. The molecule has 13 heavy (non-hydrogen) atoms. The summed E-state index contributed by atoms with van der Waals surface area (Å²) < 4.78 is 5.27. The van der Waals surface area contributed by atoms with Gasteiger partial charge in [-0.15, -0.1) is 6.42 Å². The molecule has 0 bridgehead atoms. The summed E-state index contributed by atoms with van der Waals surface area (Å²) in [5.74, 6) is 2.64. The van der Waals surface area contributed by atoms with Gasteiger partial charge in [0.05, 0.1) is 19.8 Å². The Balaban J connectivity index is 3.40. The first kappa shape index (κ1) is 12.4. The summed E-state index contributed by atoms with van der Waals surface area (Å²) >= 11 is 0. The fourth-order valence-corrected chi connectivity index (χ4v) is 1.09. The second kappa shape index (κ2) is 9.53. The number of ether oxygens (including phenoxy) is 1. The maximum atomic E-state index is 5.29. The van der Waals surface area contributed by atoms with Crippen LogP contribution in [0.1, 0.15) is 13.3 Å². The minimum Gasteiger partial charge on any atom is -0.379 e. The summed E-state index contributed by atoms with van der Waals surface area (Å²) in [5, 5.41) is 0. The standard InChI is InChI=1S/C10H20N2O/c1-3-6-12(7-4-2)8-10-13-9-5-11/h1H,4-11H2,2H3. The van der Waals surface area contributed by atoms with Gasteiger partial charge in [-0.05, 0) is 13.0 Å². The smallest absolute Gasteiger partial charge is 0.0599 e. The van der Waals surface area contributed by atoms with Crippen molar-refractivity contribution in [2.75, 3.05) is 39.4 Å². The minimum atomic E-state index is 0.586. The number of nitrogens with zero attached hydrogens (tertiary/aromatic N) is 1. The molecule has 0 aromatic rings. The van der Waals surface area contributed by atoms with Gasteiger partial charge in [0.1, 0.15) is 0 Å². The lowest BCUT2D eigenvalue weighted by molar-refractivity contribution is 0.114. The molecule has 0 saturated heterocycles. The zero-order chi connectivity index (χ0) is 9.94. The first-order valence-corrected chi connectivity index (χ1v) is 4.78. The van der Waals surface area contributed by atoms with E-state index in [0.717, 1.165) is 26.1 Å². The average Bonchev–Trinajstić information content (AvgIpc) is 2.13. The number of hydrogen-bond donors (Lipinski definition) is 1. The van der Waals surface area contributed by atoms with E-state index >= 15 is 0 Å². The van der Waals surface area contributed by atoms with E-state index in [1.807, 2.05) is 0 Å². The second-order valence-corrected chi connectivity index (χ2v) is 2.88. The van der Waals surface area contributed by atoms with Gasteiger partial charge in [-0.2, -0.15) is 0 Å². The summed E-state index contributed by atoms with van der Waals surface area (Å²) in [5.41, 5.74) is 5.29. The maximum Gasteiger partial charge on any atom is 0.0599 e. The van der Waals surface area contributed by atoms with Gasteiger partial charge in [0, 0.05) is 13.1 Å². The fourth-order valence-electron chi connectivity index (χ4n) is 1.09. The predicted octanol–water partition coefficient (Wildman–Crippen LogP) is 0.307. The molecular formula is C10H20N2O. The molecule has 0 unspecified atom stereocenters. The number of rotatable bonds is 8. The van der Waals surface area contributed by atoms with Crippen molar-refractivity contribution >= 4 is 0 Å². The first-order chi connectivity index (χ1) is 6.35. The monoisotopic (exact) mass is 184 g/mol. The van der Waals surface area contributed by atoms with Crippen molar-refractivity contribution in [1.82, 2.24) is 4.90 Å². The van der Waals surface area contributed by atoms with E-state index in [4.69, 9.17) is 16.9 Å². The van der Waals surface area contributed by atoms with Gasteiger partial charge in [-0.1, -0.05) is 12.8 Å². The van der Waals surface area contributed by atoms with Gasteiger partial charge in [-0.3, -0.25) is 4.90 Å². The van der Waals surface area contributed by atoms with Gasteiger partial charge in [0.15, 0.2) is 0 Å². The lowest BCUT2D eigenvalue weighted by Gasteiger charge is -2.18. The van der Waals surface area contributed by atoms with Crippen molar-refractivity contribution < 1.29 is 4.74 Å². The summed E-state index contributed by atoms with van der Waals surface area (Å²) in [6, 6.07) is 0. The molecule has 0 aromatic carbocycles. The minimum absolute atomic E-state index is 0.586. The van der Waals surface area contributed by atoms with E-state index in [2.05, 4.69) is 17.7 Å². The number of terminal acetylenes is 1. The van der Waals surface area contributed by atoms with Crippen LogP contribution in [0.25, 0.3) is 0 Å². The van der Waals surface area contributed by atoms with Crippen LogP contribution in [0.15, 0.2) is 0 Å². The molecule has 0 aromatic heterocycles. The van der Waals surface area contributed by atoms with Crippen LogP contribution in [-0.4, -0.2) is 44.3 Å². The molecule has 2 N–H and O–H groups in total. The normalized spacial score (nSPS) is 10.3. The molecule has 3 heteroatoms. The van der Waals surface area contributed by atoms with Gasteiger partial charge in [0.2, 0.25) is 0 Å². The van der Waals surface area contributed by atoms with E-state index in [9.17, 15) is 0 Å². The third-order valence-electron chi connectivity index (χ3n) is 1.67. The van der Waals surface area contributed by atoms with Crippen molar-refractivity contribution in [1.29, 1.82) is 0 Å². The van der Waals surface area contributed by atoms with E-state index in [1.54, 1.807) is 0 Å². The molecule has 0 saturated carbocycles. The molecule has 0 spiro atoms. The Kier molecular flexibility index (Phi) is 9.12. The highest BCUT2D eigenvalue weighted by Gasteiger charge is 2.00. The summed E-state index contributed by atoms with van der Waals surface area (Å²) in [6.07, 6.45) is 6.36. The van der Waals surface area contributed by atoms with E-state index in [-0.39, 0.29) is 0 Å². The summed E-state index contributed by atoms with van der Waals surface area (Å²) in [6.45, 7) is 6.73. The number of hydrogen-bond acceptors (Lipinski definition) is 3. The summed E-state index contributed by atoms with van der Waals surface area (Å²) in [4.78, 5) is 2.20. The molecule has 0 heterocycles. The van der Waals surface area contributed by atoms with Gasteiger partial charge in [-0.25, -0.2) is 0 Å². The van der Waals surface area contributed by atoms with Crippen molar-refractivity contribution in [2.45, 2.75) is 13.3 Å². The van der Waals surface area contributed by atoms with Crippen LogP contribution in [0, 0.1) is 12.3 Å². The molecule has 76 valence electrons. The Morgan fingerprint density at radius 3 is 2.69 bits per heavy atom. The molecule has 0 amide bonds. The highest BCUT2D eigenvalue weighted by molar-refractivity contribution is 4.87. The van der Waals surface area contributed by atoms with E-state index < -0.39 is 0 Å². The first-order valence-electron chi connectivity index (χ1n) is 4.78. The zero-order valence-electron chi connectivity index (χ0n) is 8.46. The number of nitrogens with two attached hydrogens (primary N) is 1. The van der Waals surface area contributed by atoms with E-state index in [1.165, 1.54) is 0 Å². The highest BCUT2D eigenvalue weighted by Crippen LogP contribution is 1.90. The SMILES string of the molecule is C#CCN(CCC)CCOCCN. The van der Waals surface area contributed by atoms with Crippen LogP contribution in [0.2, 0.25) is 0 Å². The zero-order valence-corrected chi connectivity index (χ0v) is 8.46. The largest absolute Gasteiger partial charge is 0.379 e. The molecule has 0 fully saturated rings. The van der Waals surface area contributed by atoms with Crippen LogP contribution in [-0.2, 0) is 4.74 Å². The van der Waals surface area contributed by atoms with Crippen LogP contribution >= 0.6 is 0 Å². The lowest BCUT2D eigenvalue weighted by Crippen LogP contribution is -2.29. The Morgan fingerprint density at radius 1 is 1.38 bits per heavy atom. The third kappa shape index (κ3) is 7.79. The van der Waals surface area contributed by atoms with Crippen molar-refractivity contribution in [3.05, 3.63) is 0 Å². The van der Waals surface area contributed by atoms with Gasteiger partial charge >= 0.3 is 0 Å². The van der Waals surface area contributed by atoms with Crippen LogP contribution < -0.4 is 5.73 Å². The molecule has 0 aliphatic rings. The Labute approximate surface area is 81.2 Å². The topological polar surface area (TPSA) is 38.5 Å². The quantitative estimate of drug-likeness (QED) is 0.436.